The third kappa shape index (κ3) is 3.42. The van der Waals surface area contributed by atoms with Crippen LogP contribution < -0.4 is 11.0 Å². The molecule has 0 atom stereocenters. The summed E-state index contributed by atoms with van der Waals surface area (Å²) in [5, 5.41) is 20.5. The van der Waals surface area contributed by atoms with E-state index < -0.39 is 10.5 Å². The summed E-state index contributed by atoms with van der Waals surface area (Å²) < 4.78 is 0. The Kier molecular flexibility index (Phi) is 4.29. The first kappa shape index (κ1) is 14.7. The molecule has 1 aromatic carbocycles. The SMILES string of the molecule is C/C(=N/Nc1cn[nH]c(=O)c1Cl)c1cccc([N+](=O)[O-])c1. The number of halogens is 1. The van der Waals surface area contributed by atoms with Crippen molar-refractivity contribution in [2.75, 3.05) is 5.43 Å². The van der Waals surface area contributed by atoms with Crippen molar-refractivity contribution >= 4 is 28.7 Å². The molecule has 0 aliphatic carbocycles. The number of anilines is 1. The first-order chi connectivity index (χ1) is 9.99. The first-order valence-corrected chi connectivity index (χ1v) is 6.15. The number of rotatable bonds is 4. The first-order valence-electron chi connectivity index (χ1n) is 5.77. The summed E-state index contributed by atoms with van der Waals surface area (Å²) in [6.45, 7) is 1.67. The molecule has 0 saturated carbocycles. The normalized spacial score (nSPS) is 11.2. The summed E-state index contributed by atoms with van der Waals surface area (Å²) in [5.41, 5.74) is 3.35. The Morgan fingerprint density at radius 1 is 1.52 bits per heavy atom. The van der Waals surface area contributed by atoms with Crippen molar-refractivity contribution in [2.45, 2.75) is 6.92 Å². The summed E-state index contributed by atoms with van der Waals surface area (Å²) in [6, 6.07) is 6.04. The minimum Gasteiger partial charge on any atom is -0.275 e. The quantitative estimate of drug-likeness (QED) is 0.510. The molecule has 2 N–H and O–H groups in total. The lowest BCUT2D eigenvalue weighted by Gasteiger charge is -2.04. The fourth-order valence-corrected chi connectivity index (χ4v) is 1.65. The number of benzene rings is 1. The summed E-state index contributed by atoms with van der Waals surface area (Å²) in [7, 11) is 0. The topological polar surface area (TPSA) is 113 Å². The Bertz CT molecular complexity index is 771. The Balaban J connectivity index is 2.25. The molecule has 0 bridgehead atoms. The third-order valence-corrected chi connectivity index (χ3v) is 2.99. The van der Waals surface area contributed by atoms with Gasteiger partial charge in [0.1, 0.15) is 10.7 Å². The van der Waals surface area contributed by atoms with Gasteiger partial charge in [-0.15, -0.1) is 0 Å². The second-order valence-electron chi connectivity index (χ2n) is 4.04. The molecule has 1 aromatic heterocycles. The van der Waals surface area contributed by atoms with Crippen LogP contribution in [-0.4, -0.2) is 20.8 Å². The molecule has 2 rings (SSSR count). The van der Waals surface area contributed by atoms with Gasteiger partial charge in [-0.25, -0.2) is 5.10 Å². The molecule has 2 aromatic rings. The highest BCUT2D eigenvalue weighted by atomic mass is 35.5. The lowest BCUT2D eigenvalue weighted by molar-refractivity contribution is -0.384. The molecule has 0 radical (unpaired) electrons. The van der Waals surface area contributed by atoms with Crippen molar-refractivity contribution in [1.29, 1.82) is 0 Å². The average molecular weight is 308 g/mol. The zero-order chi connectivity index (χ0) is 15.4. The number of nitrogens with zero attached hydrogens (tertiary/aromatic N) is 3. The molecule has 21 heavy (non-hydrogen) atoms. The van der Waals surface area contributed by atoms with Crippen LogP contribution in [0, 0.1) is 10.1 Å². The van der Waals surface area contributed by atoms with Crippen LogP contribution in [0.3, 0.4) is 0 Å². The highest BCUT2D eigenvalue weighted by Gasteiger charge is 2.08. The fraction of sp³-hybridized carbons (Fsp3) is 0.0833. The van der Waals surface area contributed by atoms with Crippen molar-refractivity contribution in [3.63, 3.8) is 0 Å². The number of H-pyrrole nitrogens is 1. The highest BCUT2D eigenvalue weighted by Crippen LogP contribution is 2.16. The third-order valence-electron chi connectivity index (χ3n) is 2.61. The zero-order valence-corrected chi connectivity index (χ0v) is 11.6. The van der Waals surface area contributed by atoms with E-state index >= 15 is 0 Å². The summed E-state index contributed by atoms with van der Waals surface area (Å²) in [4.78, 5) is 21.5. The smallest absolute Gasteiger partial charge is 0.275 e. The molecule has 1 heterocycles. The molecule has 0 aliphatic heterocycles. The van der Waals surface area contributed by atoms with Gasteiger partial charge >= 0.3 is 0 Å². The molecule has 0 unspecified atom stereocenters. The van der Waals surface area contributed by atoms with E-state index in [9.17, 15) is 14.9 Å². The molecule has 108 valence electrons. The number of hydrogen-bond donors (Lipinski definition) is 2. The highest BCUT2D eigenvalue weighted by molar-refractivity contribution is 6.32. The monoisotopic (exact) mass is 307 g/mol. The fourth-order valence-electron chi connectivity index (χ4n) is 1.51. The van der Waals surface area contributed by atoms with Gasteiger partial charge in [0, 0.05) is 17.7 Å². The van der Waals surface area contributed by atoms with Gasteiger partial charge in [0.2, 0.25) is 0 Å². The second-order valence-corrected chi connectivity index (χ2v) is 4.42. The van der Waals surface area contributed by atoms with Crippen LogP contribution in [0.2, 0.25) is 5.02 Å². The van der Waals surface area contributed by atoms with Gasteiger partial charge in [0.25, 0.3) is 11.2 Å². The van der Waals surface area contributed by atoms with E-state index in [2.05, 4.69) is 20.7 Å². The lowest BCUT2D eigenvalue weighted by atomic mass is 10.1. The second kappa shape index (κ2) is 6.14. The van der Waals surface area contributed by atoms with E-state index in [1.165, 1.54) is 18.3 Å². The number of aromatic nitrogens is 2. The number of aromatic amines is 1. The maximum atomic E-state index is 11.3. The van der Waals surface area contributed by atoms with Gasteiger partial charge in [-0.05, 0) is 6.92 Å². The molecule has 9 heteroatoms. The Morgan fingerprint density at radius 2 is 2.29 bits per heavy atom. The van der Waals surface area contributed by atoms with Crippen LogP contribution in [0.15, 0.2) is 40.4 Å². The number of hydrazone groups is 1. The van der Waals surface area contributed by atoms with E-state index in [0.29, 0.717) is 11.3 Å². The van der Waals surface area contributed by atoms with Gasteiger partial charge in [0.15, 0.2) is 0 Å². The van der Waals surface area contributed by atoms with Crippen molar-refractivity contribution in [1.82, 2.24) is 10.2 Å². The van der Waals surface area contributed by atoms with Crippen molar-refractivity contribution in [3.05, 3.63) is 61.5 Å². The number of nitro groups is 1. The Morgan fingerprint density at radius 3 is 3.00 bits per heavy atom. The summed E-state index contributed by atoms with van der Waals surface area (Å²) >= 11 is 5.78. The number of hydrogen-bond acceptors (Lipinski definition) is 6. The van der Waals surface area contributed by atoms with Crippen LogP contribution in [-0.2, 0) is 0 Å². The van der Waals surface area contributed by atoms with E-state index in [0.717, 1.165) is 0 Å². The van der Waals surface area contributed by atoms with Crippen LogP contribution in [0.4, 0.5) is 11.4 Å². The minimum absolute atomic E-state index is 0.0297. The Labute approximate surface area is 123 Å². The number of nitrogens with one attached hydrogen (secondary N) is 2. The summed E-state index contributed by atoms with van der Waals surface area (Å²) in [5.74, 6) is 0. The molecular formula is C12H10ClN5O3. The predicted octanol–water partition coefficient (Wildman–Crippen LogP) is 2.17. The molecular weight excluding hydrogens is 298 g/mol. The molecule has 8 nitrogen and oxygen atoms in total. The molecule has 0 spiro atoms. The van der Waals surface area contributed by atoms with Gasteiger partial charge in [-0.2, -0.15) is 10.2 Å². The predicted molar refractivity (Wildman–Crippen MR) is 78.8 cm³/mol. The lowest BCUT2D eigenvalue weighted by Crippen LogP contribution is -2.10. The van der Waals surface area contributed by atoms with Gasteiger partial charge in [-0.3, -0.25) is 20.3 Å². The average Bonchev–Trinajstić information content (AvgIpc) is 2.48. The maximum Gasteiger partial charge on any atom is 0.285 e. The largest absolute Gasteiger partial charge is 0.285 e. The van der Waals surface area contributed by atoms with Crippen molar-refractivity contribution in [3.8, 4) is 0 Å². The van der Waals surface area contributed by atoms with Crippen LogP contribution in [0.25, 0.3) is 0 Å². The molecule has 0 aliphatic rings. The molecule has 0 amide bonds. The van der Waals surface area contributed by atoms with Crippen molar-refractivity contribution < 1.29 is 4.92 Å². The van der Waals surface area contributed by atoms with Crippen LogP contribution in [0.1, 0.15) is 12.5 Å². The van der Waals surface area contributed by atoms with Crippen molar-refractivity contribution in [2.24, 2.45) is 5.10 Å². The Hall–Kier alpha value is -2.74. The van der Waals surface area contributed by atoms with Gasteiger partial charge in [0.05, 0.1) is 16.8 Å². The standard InChI is InChI=1S/C12H10ClN5O3/c1-7(8-3-2-4-9(5-8)18(20)21)15-16-10-6-14-17-12(19)11(10)13/h2-6H,1H3,(H2,16,17,19)/b15-7-. The van der Waals surface area contributed by atoms with Gasteiger partial charge in [-0.1, -0.05) is 23.7 Å². The minimum atomic E-state index is -0.537. The van der Waals surface area contributed by atoms with Gasteiger partial charge < -0.3 is 0 Å². The summed E-state index contributed by atoms with van der Waals surface area (Å²) in [6.07, 6.45) is 1.31. The van der Waals surface area contributed by atoms with Crippen LogP contribution in [0.5, 0.6) is 0 Å². The maximum absolute atomic E-state index is 11.3. The number of non-ortho nitro benzene ring substituents is 1. The van der Waals surface area contributed by atoms with E-state index in [1.807, 2.05) is 0 Å². The number of nitro benzene ring substituents is 1. The zero-order valence-electron chi connectivity index (χ0n) is 10.8. The van der Waals surface area contributed by atoms with E-state index in [1.54, 1.807) is 19.1 Å². The molecule has 0 saturated heterocycles. The molecule has 0 fully saturated rings. The van der Waals surface area contributed by atoms with E-state index in [-0.39, 0.29) is 16.4 Å². The van der Waals surface area contributed by atoms with E-state index in [4.69, 9.17) is 11.6 Å². The van der Waals surface area contributed by atoms with Crippen LogP contribution >= 0.6 is 11.6 Å².